The van der Waals surface area contributed by atoms with Gasteiger partial charge in [0.15, 0.2) is 0 Å². The number of benzene rings is 1. The first-order valence-electron chi connectivity index (χ1n) is 7.47. The summed E-state index contributed by atoms with van der Waals surface area (Å²) in [5, 5.41) is 9.79. The highest BCUT2D eigenvalue weighted by atomic mass is 32.2. The van der Waals surface area contributed by atoms with Crippen molar-refractivity contribution in [2.45, 2.75) is 38.2 Å². The van der Waals surface area contributed by atoms with Crippen LogP contribution in [0.25, 0.3) is 0 Å². The number of hydrogen-bond donors (Lipinski definition) is 1. The number of esters is 2. The maximum Gasteiger partial charge on any atom is 0.373 e. The highest BCUT2D eigenvalue weighted by Crippen LogP contribution is 2.27. The number of carbonyl (C=O) groups is 2. The van der Waals surface area contributed by atoms with Crippen LogP contribution in [0.5, 0.6) is 0 Å². The molecule has 1 N–H and O–H groups in total. The lowest BCUT2D eigenvalue weighted by Gasteiger charge is -2.18. The fraction of sp³-hybridized carbons (Fsp3) is 0.333. The molecule has 0 aliphatic carbocycles. The molecule has 0 heterocycles. The first-order chi connectivity index (χ1) is 11.2. The van der Waals surface area contributed by atoms with Gasteiger partial charge in [-0.2, -0.15) is 0 Å². The van der Waals surface area contributed by atoms with E-state index in [-0.39, 0.29) is 11.5 Å². The summed E-state index contributed by atoms with van der Waals surface area (Å²) in [5.74, 6) is -1.97. The van der Waals surface area contributed by atoms with E-state index in [1.54, 1.807) is 27.7 Å². The average molecular weight is 350 g/mol. The molecule has 0 spiro atoms. The minimum atomic E-state index is -0.855. The average Bonchev–Trinajstić information content (AvgIpc) is 2.50. The van der Waals surface area contributed by atoms with Crippen LogP contribution in [0.1, 0.15) is 27.7 Å². The third-order valence-corrected chi connectivity index (χ3v) is 3.48. The van der Waals surface area contributed by atoms with Crippen LogP contribution >= 0.6 is 11.8 Å². The second kappa shape index (κ2) is 9.17. The molecule has 0 aliphatic rings. The lowest BCUT2D eigenvalue weighted by atomic mass is 10.2. The molecule has 0 saturated heterocycles. The first kappa shape index (κ1) is 19.8. The summed E-state index contributed by atoms with van der Waals surface area (Å²) >= 11 is 1.18. The summed E-state index contributed by atoms with van der Waals surface area (Å²) in [5.41, 5.74) is -0.717. The van der Waals surface area contributed by atoms with Gasteiger partial charge in [-0.1, -0.05) is 30.0 Å². The Morgan fingerprint density at radius 2 is 1.75 bits per heavy atom. The molecule has 5 nitrogen and oxygen atoms in total. The van der Waals surface area contributed by atoms with Crippen LogP contribution in [0.15, 0.2) is 58.0 Å². The zero-order valence-corrected chi connectivity index (χ0v) is 15.1. The van der Waals surface area contributed by atoms with E-state index in [0.29, 0.717) is 0 Å². The van der Waals surface area contributed by atoms with Gasteiger partial charge in [-0.25, -0.2) is 9.59 Å². The maximum atomic E-state index is 12.0. The minimum Gasteiger partial charge on any atom is -0.502 e. The molecule has 24 heavy (non-hydrogen) atoms. The molecule has 0 aromatic heterocycles. The van der Waals surface area contributed by atoms with E-state index < -0.39 is 23.3 Å². The summed E-state index contributed by atoms with van der Waals surface area (Å²) < 4.78 is 10.0. The normalized spacial score (nSPS) is 12.7. The molecule has 1 rings (SSSR count). The minimum absolute atomic E-state index is 0.229. The van der Waals surface area contributed by atoms with Gasteiger partial charge in [0.05, 0.1) is 11.5 Å². The molecule has 1 aromatic carbocycles. The molecule has 6 heteroatoms. The number of rotatable bonds is 6. The predicted octanol–water partition coefficient (Wildman–Crippen LogP) is 4.01. The van der Waals surface area contributed by atoms with Crippen LogP contribution < -0.4 is 0 Å². The molecule has 0 saturated carbocycles. The van der Waals surface area contributed by atoms with E-state index in [9.17, 15) is 14.7 Å². The van der Waals surface area contributed by atoms with Crippen LogP contribution in [-0.2, 0) is 19.1 Å². The summed E-state index contributed by atoms with van der Waals surface area (Å²) in [6.07, 6.45) is 2.48. The second-order valence-electron chi connectivity index (χ2n) is 5.72. The topological polar surface area (TPSA) is 72.8 Å². The van der Waals surface area contributed by atoms with Gasteiger partial charge in [0, 0.05) is 4.90 Å². The molecule has 0 bridgehead atoms. The molecule has 0 fully saturated rings. The van der Waals surface area contributed by atoms with E-state index in [0.717, 1.165) is 11.0 Å². The van der Waals surface area contributed by atoms with Gasteiger partial charge in [-0.15, -0.1) is 0 Å². The number of aliphatic hydroxyl groups is 1. The Balaban J connectivity index is 2.96. The number of allylic oxidation sites excluding steroid dienone is 2. The lowest BCUT2D eigenvalue weighted by Crippen LogP contribution is -2.24. The molecule has 0 aliphatic heterocycles. The Labute approximate surface area is 146 Å². The fourth-order valence-corrected chi connectivity index (χ4v) is 2.34. The van der Waals surface area contributed by atoms with Crippen molar-refractivity contribution in [3.8, 4) is 0 Å². The SMILES string of the molecule is CCOC(=O)/C(=C/C=C(\O)C(=O)OC(C)(C)C)Sc1ccccc1. The third-order valence-electron chi connectivity index (χ3n) is 2.45. The second-order valence-corrected chi connectivity index (χ2v) is 6.84. The molecule has 1 aromatic rings. The zero-order chi connectivity index (χ0) is 18.2. The van der Waals surface area contributed by atoms with Crippen molar-refractivity contribution in [3.63, 3.8) is 0 Å². The van der Waals surface area contributed by atoms with Gasteiger partial charge < -0.3 is 14.6 Å². The molecule has 130 valence electrons. The summed E-state index contributed by atoms with van der Waals surface area (Å²) in [6.45, 7) is 7.03. The Kier molecular flexibility index (Phi) is 7.58. The van der Waals surface area contributed by atoms with E-state index >= 15 is 0 Å². The van der Waals surface area contributed by atoms with Gasteiger partial charge in [0.2, 0.25) is 5.76 Å². The standard InChI is InChI=1S/C18H22O5S/c1-5-22-17(21)15(24-13-9-7-6-8-10-13)12-11-14(19)16(20)23-18(2,3)4/h6-12,19H,5H2,1-4H3/b14-11-,15-12-. The molecule has 0 amide bonds. The first-order valence-corrected chi connectivity index (χ1v) is 8.29. The Hall–Kier alpha value is -2.21. The van der Waals surface area contributed by atoms with E-state index in [1.165, 1.54) is 17.8 Å². The van der Waals surface area contributed by atoms with Crippen molar-refractivity contribution >= 4 is 23.7 Å². The predicted molar refractivity (Wildman–Crippen MR) is 93.6 cm³/mol. The fourth-order valence-electron chi connectivity index (χ4n) is 1.51. The van der Waals surface area contributed by atoms with Gasteiger partial charge in [0.1, 0.15) is 5.60 Å². The molecule has 0 atom stereocenters. The number of thioether (sulfide) groups is 1. The largest absolute Gasteiger partial charge is 0.502 e. The molecule has 0 unspecified atom stereocenters. The summed E-state index contributed by atoms with van der Waals surface area (Å²) in [4.78, 5) is 24.8. The van der Waals surface area contributed by atoms with E-state index in [4.69, 9.17) is 9.47 Å². The highest BCUT2D eigenvalue weighted by molar-refractivity contribution is 8.04. The number of carbonyl (C=O) groups excluding carboxylic acids is 2. The monoisotopic (exact) mass is 350 g/mol. The summed E-state index contributed by atoms with van der Waals surface area (Å²) in [7, 11) is 0. The van der Waals surface area contributed by atoms with Crippen LogP contribution in [0.4, 0.5) is 0 Å². The molecular weight excluding hydrogens is 328 g/mol. The van der Waals surface area contributed by atoms with E-state index in [2.05, 4.69) is 0 Å². The maximum absolute atomic E-state index is 12.0. The highest BCUT2D eigenvalue weighted by Gasteiger charge is 2.19. The van der Waals surface area contributed by atoms with Crippen molar-refractivity contribution in [2.24, 2.45) is 0 Å². The van der Waals surface area contributed by atoms with Gasteiger partial charge in [-0.05, 0) is 52.0 Å². The summed E-state index contributed by atoms with van der Waals surface area (Å²) in [6, 6.07) is 9.24. The van der Waals surface area contributed by atoms with Crippen LogP contribution in [0.2, 0.25) is 0 Å². The van der Waals surface area contributed by atoms with Crippen molar-refractivity contribution in [2.75, 3.05) is 6.61 Å². The van der Waals surface area contributed by atoms with E-state index in [1.807, 2.05) is 30.3 Å². The smallest absolute Gasteiger partial charge is 0.373 e. The van der Waals surface area contributed by atoms with Crippen LogP contribution in [0.3, 0.4) is 0 Å². The van der Waals surface area contributed by atoms with Gasteiger partial charge in [-0.3, -0.25) is 0 Å². The Morgan fingerprint density at radius 1 is 1.12 bits per heavy atom. The van der Waals surface area contributed by atoms with Crippen LogP contribution in [0, 0.1) is 0 Å². The van der Waals surface area contributed by atoms with Crippen molar-refractivity contribution in [1.29, 1.82) is 0 Å². The quantitative estimate of drug-likeness (QED) is 0.275. The lowest BCUT2D eigenvalue weighted by molar-refractivity contribution is -0.153. The Bertz CT molecular complexity index is 627. The van der Waals surface area contributed by atoms with Crippen LogP contribution in [-0.4, -0.2) is 29.3 Å². The molecular formula is C18H22O5S. The number of ether oxygens (including phenoxy) is 2. The van der Waals surface area contributed by atoms with Crippen molar-refractivity contribution in [1.82, 2.24) is 0 Å². The number of hydrogen-bond acceptors (Lipinski definition) is 6. The van der Waals surface area contributed by atoms with Gasteiger partial charge >= 0.3 is 11.9 Å². The molecule has 0 radical (unpaired) electrons. The zero-order valence-electron chi connectivity index (χ0n) is 14.2. The Morgan fingerprint density at radius 3 is 2.29 bits per heavy atom. The van der Waals surface area contributed by atoms with Crippen molar-refractivity contribution in [3.05, 3.63) is 53.1 Å². The number of aliphatic hydroxyl groups excluding tert-OH is 1. The van der Waals surface area contributed by atoms with Gasteiger partial charge in [0.25, 0.3) is 0 Å². The third kappa shape index (κ3) is 7.37. The van der Waals surface area contributed by atoms with Crippen molar-refractivity contribution < 1.29 is 24.2 Å².